The van der Waals surface area contributed by atoms with E-state index in [9.17, 15) is 21.6 Å². The van der Waals surface area contributed by atoms with Gasteiger partial charge in [-0.15, -0.1) is 0 Å². The molecule has 2 saturated carbocycles. The Bertz CT molecular complexity index is 712. The van der Waals surface area contributed by atoms with Crippen LogP contribution in [0.2, 0.25) is 18.1 Å². The molecule has 0 radical (unpaired) electrons. The molecule has 0 aliphatic heterocycles. The summed E-state index contributed by atoms with van der Waals surface area (Å²) >= 11 is 0. The molecule has 2 rings (SSSR count). The third-order valence-corrected chi connectivity index (χ3v) is 12.7. The number of alkyl halides is 3. The summed E-state index contributed by atoms with van der Waals surface area (Å²) in [6.45, 7) is 16.5. The van der Waals surface area contributed by atoms with Crippen LogP contribution in [0, 0.1) is 17.3 Å². The van der Waals surface area contributed by atoms with Crippen molar-refractivity contribution in [3.63, 3.8) is 0 Å². The summed E-state index contributed by atoms with van der Waals surface area (Å²) in [6.07, 6.45) is 3.99. The topological polar surface area (TPSA) is 52.6 Å². The summed E-state index contributed by atoms with van der Waals surface area (Å²) in [4.78, 5) is 0. The molecule has 2 fully saturated rings. The molecule has 2 aliphatic rings. The number of fused-ring (bicyclic) bond motifs is 1. The van der Waals surface area contributed by atoms with Crippen LogP contribution in [-0.4, -0.2) is 28.3 Å². The second kappa shape index (κ2) is 7.30. The Morgan fingerprint density at radius 2 is 1.71 bits per heavy atom. The van der Waals surface area contributed by atoms with Crippen molar-refractivity contribution in [2.24, 2.45) is 17.3 Å². The zero-order valence-corrected chi connectivity index (χ0v) is 19.5. The van der Waals surface area contributed by atoms with Crippen molar-refractivity contribution in [2.75, 3.05) is 0 Å². The van der Waals surface area contributed by atoms with Gasteiger partial charge in [0, 0.05) is 12.0 Å². The highest BCUT2D eigenvalue weighted by atomic mass is 32.2. The average Bonchev–Trinajstić information content (AvgIpc) is 2.82. The molecule has 0 N–H and O–H groups in total. The van der Waals surface area contributed by atoms with Gasteiger partial charge in [0.05, 0.1) is 0 Å². The molecule has 164 valence electrons. The highest BCUT2D eigenvalue weighted by molar-refractivity contribution is 7.87. The third kappa shape index (κ3) is 4.31. The minimum atomic E-state index is -5.68. The standard InChI is InChI=1S/C19H33F3O4SSi/c1-13(25-27(23,24)19(20,21)22)14-10-11-15-16(9-8-12-18(14,15)5)26-28(6,7)17(2,3)4/h14-16H,1,8-12H2,2-7H3/t14-,15?,16+,18-/m1/s1. The van der Waals surface area contributed by atoms with E-state index >= 15 is 0 Å². The van der Waals surface area contributed by atoms with E-state index in [1.165, 1.54) is 0 Å². The molecule has 28 heavy (non-hydrogen) atoms. The van der Waals surface area contributed by atoms with Crippen LogP contribution in [0.25, 0.3) is 0 Å². The molecule has 9 heteroatoms. The molecule has 4 atom stereocenters. The lowest BCUT2D eigenvalue weighted by Crippen LogP contribution is -2.50. The van der Waals surface area contributed by atoms with Crippen LogP contribution in [0.1, 0.15) is 59.8 Å². The molecule has 0 bridgehead atoms. The van der Waals surface area contributed by atoms with Crippen LogP contribution < -0.4 is 0 Å². The van der Waals surface area contributed by atoms with E-state index in [0.29, 0.717) is 6.42 Å². The van der Waals surface area contributed by atoms with Crippen LogP contribution in [-0.2, 0) is 18.7 Å². The van der Waals surface area contributed by atoms with Crippen LogP contribution >= 0.6 is 0 Å². The summed E-state index contributed by atoms with van der Waals surface area (Å²) in [5.74, 6) is -0.565. The lowest BCUT2D eigenvalue weighted by Gasteiger charge is -2.49. The highest BCUT2D eigenvalue weighted by Gasteiger charge is 2.56. The number of allylic oxidation sites excluding steroid dienone is 1. The molecule has 0 aromatic heterocycles. The second-order valence-electron chi connectivity index (χ2n) is 10.0. The monoisotopic (exact) mass is 442 g/mol. The minimum absolute atomic E-state index is 0.0386. The Morgan fingerprint density at radius 1 is 1.14 bits per heavy atom. The quantitative estimate of drug-likeness (QED) is 0.228. The van der Waals surface area contributed by atoms with Gasteiger partial charge >= 0.3 is 15.6 Å². The van der Waals surface area contributed by atoms with Crippen molar-refractivity contribution in [2.45, 2.75) is 89.5 Å². The number of halogens is 3. The zero-order valence-electron chi connectivity index (χ0n) is 17.6. The average molecular weight is 443 g/mol. The summed E-state index contributed by atoms with van der Waals surface area (Å²) in [6, 6.07) is 0. The Labute approximate surface area is 168 Å². The fraction of sp³-hybridized carbons (Fsp3) is 0.895. The van der Waals surface area contributed by atoms with E-state index in [2.05, 4.69) is 44.6 Å². The first-order chi connectivity index (χ1) is 12.4. The van der Waals surface area contributed by atoms with Crippen molar-refractivity contribution in [1.82, 2.24) is 0 Å². The van der Waals surface area contributed by atoms with Gasteiger partial charge in [0.25, 0.3) is 0 Å². The van der Waals surface area contributed by atoms with E-state index < -0.39 is 29.9 Å². The second-order valence-corrected chi connectivity index (χ2v) is 16.3. The van der Waals surface area contributed by atoms with Gasteiger partial charge in [-0.2, -0.15) is 21.6 Å². The fourth-order valence-corrected chi connectivity index (χ4v) is 6.48. The predicted octanol–water partition coefficient (Wildman–Crippen LogP) is 5.97. The lowest BCUT2D eigenvalue weighted by atomic mass is 9.64. The Kier molecular flexibility index (Phi) is 6.19. The van der Waals surface area contributed by atoms with Gasteiger partial charge in [0.1, 0.15) is 5.76 Å². The highest BCUT2D eigenvalue weighted by Crippen LogP contribution is 2.59. The van der Waals surface area contributed by atoms with E-state index in [1.54, 1.807) is 0 Å². The molecule has 0 amide bonds. The van der Waals surface area contributed by atoms with Crippen LogP contribution in [0.5, 0.6) is 0 Å². The van der Waals surface area contributed by atoms with Crippen molar-refractivity contribution in [1.29, 1.82) is 0 Å². The van der Waals surface area contributed by atoms with Crippen LogP contribution in [0.15, 0.2) is 12.3 Å². The molecule has 2 aliphatic carbocycles. The first-order valence-electron chi connectivity index (χ1n) is 9.80. The molecule has 1 unspecified atom stereocenters. The largest absolute Gasteiger partial charge is 0.534 e. The van der Waals surface area contributed by atoms with Gasteiger partial charge in [-0.25, -0.2) is 0 Å². The Hall–Kier alpha value is -0.543. The van der Waals surface area contributed by atoms with Gasteiger partial charge < -0.3 is 8.61 Å². The SMILES string of the molecule is C=C(OS(=O)(=O)C(F)(F)F)[C@H]1CCC2[C@@H](O[Si](C)(C)C(C)(C)C)CCC[C@@]21C. The van der Waals surface area contributed by atoms with Crippen molar-refractivity contribution < 1.29 is 30.2 Å². The number of hydrogen-bond donors (Lipinski definition) is 0. The molecular formula is C19H33F3O4SSi. The van der Waals surface area contributed by atoms with E-state index in [1.807, 2.05) is 6.92 Å². The molecule has 4 nitrogen and oxygen atoms in total. The van der Waals surface area contributed by atoms with Crippen molar-refractivity contribution >= 4 is 18.4 Å². The summed E-state index contributed by atoms with van der Waals surface area (Å²) in [5, 5.41) is 0.0619. The maximum absolute atomic E-state index is 12.7. The Balaban J connectivity index is 2.21. The number of rotatable bonds is 5. The molecular weight excluding hydrogens is 409 g/mol. The summed E-state index contributed by atoms with van der Waals surface area (Å²) < 4.78 is 72.0. The van der Waals surface area contributed by atoms with Gasteiger partial charge in [-0.1, -0.05) is 40.7 Å². The van der Waals surface area contributed by atoms with Crippen molar-refractivity contribution in [3.8, 4) is 0 Å². The fourth-order valence-electron chi connectivity index (χ4n) is 4.59. The minimum Gasteiger partial charge on any atom is -0.414 e. The van der Waals surface area contributed by atoms with E-state index in [0.717, 1.165) is 25.7 Å². The van der Waals surface area contributed by atoms with Gasteiger partial charge in [0.2, 0.25) is 0 Å². The zero-order chi connectivity index (χ0) is 21.8. The molecule has 0 aromatic rings. The van der Waals surface area contributed by atoms with Crippen molar-refractivity contribution in [3.05, 3.63) is 12.3 Å². The first kappa shape index (κ1) is 23.7. The summed E-state index contributed by atoms with van der Waals surface area (Å²) in [7, 11) is -7.68. The van der Waals surface area contributed by atoms with Gasteiger partial charge in [-0.05, 0) is 55.1 Å². The molecule has 0 spiro atoms. The number of hydrogen-bond acceptors (Lipinski definition) is 4. The van der Waals surface area contributed by atoms with Gasteiger partial charge in [-0.3, -0.25) is 0 Å². The maximum atomic E-state index is 12.7. The maximum Gasteiger partial charge on any atom is 0.534 e. The predicted molar refractivity (Wildman–Crippen MR) is 105 cm³/mol. The smallest absolute Gasteiger partial charge is 0.414 e. The van der Waals surface area contributed by atoms with Gasteiger partial charge in [0.15, 0.2) is 8.32 Å². The molecule has 0 aromatic carbocycles. The first-order valence-corrected chi connectivity index (χ1v) is 14.1. The third-order valence-electron chi connectivity index (χ3n) is 7.20. The Morgan fingerprint density at radius 3 is 2.21 bits per heavy atom. The lowest BCUT2D eigenvalue weighted by molar-refractivity contribution is -0.0542. The van der Waals surface area contributed by atoms with Crippen LogP contribution in [0.4, 0.5) is 13.2 Å². The molecule has 0 heterocycles. The van der Waals surface area contributed by atoms with E-state index in [4.69, 9.17) is 4.43 Å². The van der Waals surface area contributed by atoms with E-state index in [-0.39, 0.29) is 28.2 Å². The summed E-state index contributed by atoms with van der Waals surface area (Å²) in [5.41, 5.74) is -5.82. The normalized spacial score (nSPS) is 32.1. The molecule has 0 saturated heterocycles. The van der Waals surface area contributed by atoms with Crippen LogP contribution in [0.3, 0.4) is 0 Å².